The minimum Gasteiger partial charge on any atom is -0.419 e. The molecule has 0 fully saturated rings. The van der Waals surface area contributed by atoms with E-state index in [0.29, 0.717) is 17.7 Å². The van der Waals surface area contributed by atoms with Gasteiger partial charge in [-0.25, -0.2) is 0 Å². The van der Waals surface area contributed by atoms with Crippen molar-refractivity contribution in [2.45, 2.75) is 36.3 Å². The number of thioether (sulfide) groups is 1. The van der Waals surface area contributed by atoms with Crippen molar-refractivity contribution < 1.29 is 4.42 Å². The zero-order valence-electron chi connectivity index (χ0n) is 15.6. The third-order valence-corrected chi connectivity index (χ3v) is 6.90. The molecule has 0 aliphatic heterocycles. The predicted octanol–water partition coefficient (Wildman–Crippen LogP) is 6.37. The average molecular weight is 430 g/mol. The number of nitrogens with zero attached hydrogens (tertiary/aromatic N) is 4. The number of benzene rings is 1. The third kappa shape index (κ3) is 4.43. The highest BCUT2D eigenvalue weighted by atomic mass is 32.2. The van der Waals surface area contributed by atoms with E-state index >= 15 is 0 Å². The molecule has 3 heterocycles. The molecule has 0 bridgehead atoms. The Bertz CT molecular complexity index is 1020. The van der Waals surface area contributed by atoms with Crippen molar-refractivity contribution in [1.29, 1.82) is 0 Å². The number of rotatable bonds is 7. The molecule has 0 unspecified atom stereocenters. The van der Waals surface area contributed by atoms with Gasteiger partial charge in [-0.05, 0) is 42.0 Å². The lowest BCUT2D eigenvalue weighted by Crippen LogP contribution is -1.91. The molecule has 0 amide bonds. The second-order valence-electron chi connectivity index (χ2n) is 6.46. The lowest BCUT2D eigenvalue weighted by Gasteiger charge is -2.06. The van der Waals surface area contributed by atoms with Crippen molar-refractivity contribution in [2.24, 2.45) is 0 Å². The van der Waals surface area contributed by atoms with Gasteiger partial charge in [0.15, 0.2) is 4.34 Å². The molecule has 1 atom stereocenters. The maximum absolute atomic E-state index is 5.80. The molecule has 0 aliphatic rings. The van der Waals surface area contributed by atoms with Crippen LogP contribution < -0.4 is 5.32 Å². The largest absolute Gasteiger partial charge is 0.419 e. The fraction of sp³-hybridized carbons (Fsp3) is 0.263. The lowest BCUT2D eigenvalue weighted by atomic mass is 10.0. The predicted molar refractivity (Wildman–Crippen MR) is 116 cm³/mol. The zero-order chi connectivity index (χ0) is 19.5. The first-order valence-corrected chi connectivity index (χ1v) is 11.4. The molecule has 0 saturated heterocycles. The highest BCUT2D eigenvalue weighted by Gasteiger charge is 2.19. The van der Waals surface area contributed by atoms with Crippen LogP contribution in [0.3, 0.4) is 0 Å². The first kappa shape index (κ1) is 19.1. The summed E-state index contributed by atoms with van der Waals surface area (Å²) in [5, 5.41) is 22.9. The molecule has 0 saturated carbocycles. The molecule has 6 nitrogen and oxygen atoms in total. The highest BCUT2D eigenvalue weighted by molar-refractivity contribution is 8.01. The summed E-state index contributed by atoms with van der Waals surface area (Å²) in [7, 11) is 0. The monoisotopic (exact) mass is 429 g/mol. The molecule has 0 spiro atoms. The zero-order valence-corrected chi connectivity index (χ0v) is 18.1. The Kier molecular flexibility index (Phi) is 5.74. The van der Waals surface area contributed by atoms with Crippen LogP contribution in [-0.2, 0) is 0 Å². The number of hydrogen-bond donors (Lipinski definition) is 1. The van der Waals surface area contributed by atoms with Crippen LogP contribution in [0.2, 0.25) is 0 Å². The van der Waals surface area contributed by atoms with Gasteiger partial charge in [-0.2, -0.15) is 0 Å². The molecule has 1 aromatic carbocycles. The fourth-order valence-electron chi connectivity index (χ4n) is 2.48. The number of hydrogen-bond acceptors (Lipinski definition) is 9. The Balaban J connectivity index is 1.39. The Morgan fingerprint density at radius 1 is 1.00 bits per heavy atom. The average Bonchev–Trinajstić information content (AvgIpc) is 3.44. The van der Waals surface area contributed by atoms with Crippen LogP contribution in [0.15, 0.2) is 50.5 Å². The SMILES string of the molecule is CC(C)c1ccc(Nc2nnc(S[C@@H](C)c3nnc(-c4cccs4)o3)s2)cc1. The Hall–Kier alpha value is -2.23. The first-order chi connectivity index (χ1) is 13.6. The Morgan fingerprint density at radius 3 is 2.54 bits per heavy atom. The standard InChI is InChI=1S/C19H19N5OS3/c1-11(2)13-6-8-14(9-7-13)20-18-23-24-19(28-18)27-12(3)16-21-22-17(25-16)15-5-4-10-26-15/h4-12H,1-3H3,(H,20,23)/t12-/m0/s1. The van der Waals surface area contributed by atoms with E-state index in [9.17, 15) is 0 Å². The minimum absolute atomic E-state index is 0.00709. The van der Waals surface area contributed by atoms with E-state index in [1.807, 2.05) is 24.4 Å². The van der Waals surface area contributed by atoms with Crippen LogP contribution >= 0.6 is 34.4 Å². The summed E-state index contributed by atoms with van der Waals surface area (Å²) < 4.78 is 6.65. The summed E-state index contributed by atoms with van der Waals surface area (Å²) in [6.07, 6.45) is 0. The third-order valence-electron chi connectivity index (χ3n) is 4.03. The van der Waals surface area contributed by atoms with E-state index < -0.39 is 0 Å². The molecular formula is C19H19N5OS3. The van der Waals surface area contributed by atoms with Crippen LogP contribution in [0.5, 0.6) is 0 Å². The number of aromatic nitrogens is 4. The molecule has 0 aliphatic carbocycles. The van der Waals surface area contributed by atoms with Gasteiger partial charge < -0.3 is 9.73 Å². The van der Waals surface area contributed by atoms with Crippen molar-refractivity contribution in [3.8, 4) is 10.8 Å². The molecule has 4 aromatic rings. The van der Waals surface area contributed by atoms with E-state index in [2.05, 4.69) is 63.8 Å². The fourth-order valence-corrected chi connectivity index (χ4v) is 5.07. The van der Waals surface area contributed by atoms with Crippen molar-refractivity contribution in [3.05, 3.63) is 53.2 Å². The van der Waals surface area contributed by atoms with Crippen molar-refractivity contribution in [3.63, 3.8) is 0 Å². The molecule has 4 rings (SSSR count). The molecule has 3 aromatic heterocycles. The van der Waals surface area contributed by atoms with Crippen molar-refractivity contribution in [2.75, 3.05) is 5.32 Å². The van der Waals surface area contributed by atoms with Gasteiger partial charge in [0.05, 0.1) is 10.1 Å². The molecule has 0 radical (unpaired) electrons. The molecule has 144 valence electrons. The van der Waals surface area contributed by atoms with Crippen LogP contribution in [0, 0.1) is 0 Å². The lowest BCUT2D eigenvalue weighted by molar-refractivity contribution is 0.510. The smallest absolute Gasteiger partial charge is 0.257 e. The number of thiophene rings is 1. The summed E-state index contributed by atoms with van der Waals surface area (Å²) >= 11 is 4.64. The van der Waals surface area contributed by atoms with Gasteiger partial charge in [0.1, 0.15) is 0 Å². The summed E-state index contributed by atoms with van der Waals surface area (Å²) in [4.78, 5) is 0.974. The van der Waals surface area contributed by atoms with Gasteiger partial charge in [0.25, 0.3) is 5.89 Å². The molecule has 9 heteroatoms. The van der Waals surface area contributed by atoms with Crippen LogP contribution in [-0.4, -0.2) is 20.4 Å². The van der Waals surface area contributed by atoms with Gasteiger partial charge in [0.2, 0.25) is 11.0 Å². The Labute approximate surface area is 175 Å². The van der Waals surface area contributed by atoms with Gasteiger partial charge in [0, 0.05) is 5.69 Å². The first-order valence-electron chi connectivity index (χ1n) is 8.83. The molecule has 28 heavy (non-hydrogen) atoms. The van der Waals surface area contributed by atoms with E-state index in [-0.39, 0.29) is 5.25 Å². The Morgan fingerprint density at radius 2 is 1.82 bits per heavy atom. The number of nitrogens with one attached hydrogen (secondary N) is 1. The quantitative estimate of drug-likeness (QED) is 0.342. The maximum Gasteiger partial charge on any atom is 0.257 e. The van der Waals surface area contributed by atoms with E-state index in [4.69, 9.17) is 4.42 Å². The van der Waals surface area contributed by atoms with Crippen LogP contribution in [0.1, 0.15) is 43.4 Å². The van der Waals surface area contributed by atoms with E-state index in [1.165, 1.54) is 16.9 Å². The van der Waals surface area contributed by atoms with Crippen molar-refractivity contribution in [1.82, 2.24) is 20.4 Å². The van der Waals surface area contributed by atoms with Crippen LogP contribution in [0.4, 0.5) is 10.8 Å². The topological polar surface area (TPSA) is 76.7 Å². The molecular weight excluding hydrogens is 410 g/mol. The van der Waals surface area contributed by atoms with Gasteiger partial charge in [-0.1, -0.05) is 55.1 Å². The van der Waals surface area contributed by atoms with Crippen LogP contribution in [0.25, 0.3) is 10.8 Å². The summed E-state index contributed by atoms with van der Waals surface area (Å²) in [5.74, 6) is 1.66. The second kappa shape index (κ2) is 8.42. The van der Waals surface area contributed by atoms with Gasteiger partial charge in [-0.3, -0.25) is 0 Å². The van der Waals surface area contributed by atoms with E-state index in [0.717, 1.165) is 20.0 Å². The maximum atomic E-state index is 5.80. The van der Waals surface area contributed by atoms with Gasteiger partial charge in [-0.15, -0.1) is 31.7 Å². The minimum atomic E-state index is -0.00709. The summed E-state index contributed by atoms with van der Waals surface area (Å²) in [6.45, 7) is 6.39. The van der Waals surface area contributed by atoms with Crippen molar-refractivity contribution >= 4 is 45.3 Å². The molecule has 1 N–H and O–H groups in total. The summed E-state index contributed by atoms with van der Waals surface area (Å²) in [6, 6.07) is 12.3. The van der Waals surface area contributed by atoms with Gasteiger partial charge >= 0.3 is 0 Å². The number of anilines is 2. The van der Waals surface area contributed by atoms with E-state index in [1.54, 1.807) is 23.1 Å². The normalized spacial score (nSPS) is 12.4. The second-order valence-corrected chi connectivity index (χ2v) is 9.97. The highest BCUT2D eigenvalue weighted by Crippen LogP contribution is 2.38. The summed E-state index contributed by atoms with van der Waals surface area (Å²) in [5.41, 5.74) is 2.32.